The van der Waals surface area contributed by atoms with E-state index < -0.39 is 66.9 Å². The van der Waals surface area contributed by atoms with E-state index in [1.165, 1.54) is 0 Å². The van der Waals surface area contributed by atoms with Crippen LogP contribution in [0.3, 0.4) is 0 Å². The molecule has 32 heavy (non-hydrogen) atoms. The number of aliphatic carboxylic acids is 2. The predicted octanol–water partition coefficient (Wildman–Crippen LogP) is -1.20. The van der Waals surface area contributed by atoms with Gasteiger partial charge in [0, 0.05) is 6.42 Å². The Morgan fingerprint density at radius 1 is 0.844 bits per heavy atom. The second kappa shape index (κ2) is 14.4. The average Bonchev–Trinajstić information content (AvgIpc) is 2.71. The van der Waals surface area contributed by atoms with Crippen molar-refractivity contribution in [3.63, 3.8) is 0 Å². The molecular weight excluding hydrogens is 424 g/mol. The van der Waals surface area contributed by atoms with E-state index in [1.54, 1.807) is 20.8 Å². The predicted molar refractivity (Wildman–Crippen MR) is 114 cm³/mol. The highest BCUT2D eigenvalue weighted by molar-refractivity contribution is 5.94. The number of nitrogens with two attached hydrogens (primary N) is 1. The Balaban J connectivity index is 5.37. The quantitative estimate of drug-likeness (QED) is 0.156. The van der Waals surface area contributed by atoms with Crippen LogP contribution in [0.15, 0.2) is 0 Å². The molecule has 12 heteroatoms. The van der Waals surface area contributed by atoms with E-state index in [1.807, 2.05) is 6.92 Å². The highest BCUT2D eigenvalue weighted by Gasteiger charge is 2.31. The monoisotopic (exact) mass is 460 g/mol. The van der Waals surface area contributed by atoms with Crippen molar-refractivity contribution >= 4 is 29.7 Å². The molecule has 0 aromatic carbocycles. The molecule has 184 valence electrons. The molecule has 0 rings (SSSR count). The summed E-state index contributed by atoms with van der Waals surface area (Å²) < 4.78 is 0. The summed E-state index contributed by atoms with van der Waals surface area (Å²) in [6, 6.07) is -4.96. The molecule has 0 heterocycles. The molecular formula is C20H36N4O8. The summed E-state index contributed by atoms with van der Waals surface area (Å²) in [4.78, 5) is 59.7. The molecule has 5 atom stereocenters. The topological polar surface area (TPSA) is 208 Å². The maximum absolute atomic E-state index is 12.6. The summed E-state index contributed by atoms with van der Waals surface area (Å²) >= 11 is 0. The molecule has 0 spiro atoms. The Labute approximate surface area is 187 Å². The van der Waals surface area contributed by atoms with Gasteiger partial charge in [0.1, 0.15) is 18.1 Å². The van der Waals surface area contributed by atoms with E-state index >= 15 is 0 Å². The van der Waals surface area contributed by atoms with E-state index in [4.69, 9.17) is 10.8 Å². The number of hydrogen-bond donors (Lipinski definition) is 7. The van der Waals surface area contributed by atoms with Crippen molar-refractivity contribution < 1.29 is 39.3 Å². The zero-order valence-electron chi connectivity index (χ0n) is 19.0. The fourth-order valence-corrected chi connectivity index (χ4v) is 2.75. The van der Waals surface area contributed by atoms with Gasteiger partial charge in [0.2, 0.25) is 17.7 Å². The standard InChI is InChI=1S/C20H36N4O8/c1-5-11(4)16(21)19(30)24-14(9-25)18(29)22-12(6-7-15(26)27)17(28)23-13(20(31)32)8-10(2)3/h10-14,16,25H,5-9,21H2,1-4H3,(H,22,29)(H,23,28)(H,24,30)(H,26,27)(H,31,32). The molecule has 0 aliphatic heterocycles. The fourth-order valence-electron chi connectivity index (χ4n) is 2.75. The number of amides is 3. The SMILES string of the molecule is CCC(C)C(N)C(=O)NC(CO)C(=O)NC(CCC(=O)O)C(=O)NC(CC(C)C)C(=O)O. The lowest BCUT2D eigenvalue weighted by molar-refractivity contribution is -0.143. The summed E-state index contributed by atoms with van der Waals surface area (Å²) in [5.41, 5.74) is 5.82. The van der Waals surface area contributed by atoms with Crippen LogP contribution in [0.4, 0.5) is 0 Å². The number of carboxylic acids is 2. The first kappa shape index (κ1) is 29.3. The van der Waals surface area contributed by atoms with Gasteiger partial charge in [-0.1, -0.05) is 34.1 Å². The van der Waals surface area contributed by atoms with Crippen LogP contribution in [0.25, 0.3) is 0 Å². The fraction of sp³-hybridized carbons (Fsp3) is 0.750. The first-order valence-corrected chi connectivity index (χ1v) is 10.6. The van der Waals surface area contributed by atoms with Crippen molar-refractivity contribution in [2.24, 2.45) is 17.6 Å². The van der Waals surface area contributed by atoms with Gasteiger partial charge in [-0.3, -0.25) is 19.2 Å². The van der Waals surface area contributed by atoms with Crippen LogP contribution in [0, 0.1) is 11.8 Å². The molecule has 0 bridgehead atoms. The third-order valence-corrected chi connectivity index (χ3v) is 4.98. The zero-order chi connectivity index (χ0) is 25.0. The molecule has 0 aromatic heterocycles. The van der Waals surface area contributed by atoms with Gasteiger partial charge in [0.15, 0.2) is 0 Å². The Morgan fingerprint density at radius 2 is 1.34 bits per heavy atom. The minimum atomic E-state index is -1.43. The Hall–Kier alpha value is -2.73. The van der Waals surface area contributed by atoms with Gasteiger partial charge in [-0.05, 0) is 24.7 Å². The second-order valence-electron chi connectivity index (χ2n) is 8.18. The van der Waals surface area contributed by atoms with Gasteiger partial charge in [-0.25, -0.2) is 4.79 Å². The van der Waals surface area contributed by atoms with Crippen LogP contribution in [-0.4, -0.2) is 75.8 Å². The summed E-state index contributed by atoms with van der Waals surface area (Å²) in [6.07, 6.45) is -0.0542. The van der Waals surface area contributed by atoms with Gasteiger partial charge in [-0.2, -0.15) is 0 Å². The van der Waals surface area contributed by atoms with Gasteiger partial charge < -0.3 is 37.0 Å². The van der Waals surface area contributed by atoms with Crippen molar-refractivity contribution in [2.45, 2.75) is 77.5 Å². The number of carbonyl (C=O) groups excluding carboxylic acids is 3. The Kier molecular flexibility index (Phi) is 13.1. The molecule has 0 saturated carbocycles. The second-order valence-corrected chi connectivity index (χ2v) is 8.18. The number of carboxylic acid groups (broad SMARTS) is 2. The Bertz CT molecular complexity index is 670. The smallest absolute Gasteiger partial charge is 0.326 e. The number of aliphatic hydroxyl groups excluding tert-OH is 1. The maximum atomic E-state index is 12.6. The van der Waals surface area contributed by atoms with Gasteiger partial charge >= 0.3 is 11.9 Å². The maximum Gasteiger partial charge on any atom is 0.326 e. The summed E-state index contributed by atoms with van der Waals surface area (Å²) in [5.74, 6) is -5.20. The summed E-state index contributed by atoms with van der Waals surface area (Å²) in [7, 11) is 0. The number of hydrogen-bond acceptors (Lipinski definition) is 7. The van der Waals surface area contributed by atoms with Crippen LogP contribution in [0.2, 0.25) is 0 Å². The summed E-state index contributed by atoms with van der Waals surface area (Å²) in [5, 5.41) is 34.6. The third-order valence-electron chi connectivity index (χ3n) is 4.98. The Morgan fingerprint density at radius 3 is 1.78 bits per heavy atom. The molecule has 0 saturated heterocycles. The lowest BCUT2D eigenvalue weighted by Gasteiger charge is -2.25. The first-order valence-electron chi connectivity index (χ1n) is 10.6. The molecule has 0 fully saturated rings. The van der Waals surface area contributed by atoms with Crippen LogP contribution >= 0.6 is 0 Å². The molecule has 5 unspecified atom stereocenters. The molecule has 8 N–H and O–H groups in total. The van der Waals surface area contributed by atoms with Gasteiger partial charge in [0.05, 0.1) is 12.6 Å². The van der Waals surface area contributed by atoms with Crippen molar-refractivity contribution in [1.82, 2.24) is 16.0 Å². The van der Waals surface area contributed by atoms with Crippen molar-refractivity contribution in [1.29, 1.82) is 0 Å². The van der Waals surface area contributed by atoms with Crippen molar-refractivity contribution in [3.8, 4) is 0 Å². The van der Waals surface area contributed by atoms with Crippen LogP contribution < -0.4 is 21.7 Å². The summed E-state index contributed by atoms with van der Waals surface area (Å²) in [6.45, 7) is 6.34. The minimum absolute atomic E-state index is 0.0489. The van der Waals surface area contributed by atoms with E-state index in [-0.39, 0.29) is 24.7 Å². The molecule has 3 amide bonds. The third kappa shape index (κ3) is 10.5. The molecule has 12 nitrogen and oxygen atoms in total. The lowest BCUT2D eigenvalue weighted by Crippen LogP contribution is -2.58. The van der Waals surface area contributed by atoms with Crippen LogP contribution in [0.5, 0.6) is 0 Å². The van der Waals surface area contributed by atoms with Crippen molar-refractivity contribution in [3.05, 3.63) is 0 Å². The molecule has 0 aromatic rings. The number of carbonyl (C=O) groups is 5. The highest BCUT2D eigenvalue weighted by atomic mass is 16.4. The number of nitrogens with one attached hydrogen (secondary N) is 3. The van der Waals surface area contributed by atoms with E-state index in [0.29, 0.717) is 6.42 Å². The van der Waals surface area contributed by atoms with E-state index in [9.17, 15) is 34.2 Å². The average molecular weight is 461 g/mol. The van der Waals surface area contributed by atoms with E-state index in [2.05, 4.69) is 16.0 Å². The zero-order valence-corrected chi connectivity index (χ0v) is 19.0. The normalized spacial score (nSPS) is 15.7. The lowest BCUT2D eigenvalue weighted by atomic mass is 9.99. The largest absolute Gasteiger partial charge is 0.481 e. The van der Waals surface area contributed by atoms with Crippen LogP contribution in [0.1, 0.15) is 53.4 Å². The molecule has 0 aliphatic carbocycles. The molecule has 0 aliphatic rings. The number of aliphatic hydroxyl groups is 1. The first-order chi connectivity index (χ1) is 14.8. The highest BCUT2D eigenvalue weighted by Crippen LogP contribution is 2.08. The van der Waals surface area contributed by atoms with Crippen LogP contribution in [-0.2, 0) is 24.0 Å². The van der Waals surface area contributed by atoms with E-state index in [0.717, 1.165) is 0 Å². The van der Waals surface area contributed by atoms with Gasteiger partial charge in [0.25, 0.3) is 0 Å². The minimum Gasteiger partial charge on any atom is -0.481 e. The molecule has 0 radical (unpaired) electrons. The van der Waals surface area contributed by atoms with Gasteiger partial charge in [-0.15, -0.1) is 0 Å². The van der Waals surface area contributed by atoms with Crippen molar-refractivity contribution in [2.75, 3.05) is 6.61 Å². The number of rotatable bonds is 15.